The average Bonchev–Trinajstić information content (AvgIpc) is 3.44. The van der Waals surface area contributed by atoms with E-state index in [9.17, 15) is 9.59 Å². The highest BCUT2D eigenvalue weighted by atomic mass is 32.1. The van der Waals surface area contributed by atoms with Crippen LogP contribution >= 0.6 is 11.3 Å². The summed E-state index contributed by atoms with van der Waals surface area (Å²) in [7, 11) is 0. The minimum Gasteiger partial charge on any atom is -0.378 e. The molecule has 0 N–H and O–H groups in total. The molecule has 0 aliphatic carbocycles. The predicted molar refractivity (Wildman–Crippen MR) is 116 cm³/mol. The number of carbonyl (C=O) groups is 2. The summed E-state index contributed by atoms with van der Waals surface area (Å²) in [5.41, 5.74) is 1.77. The third-order valence-corrected chi connectivity index (χ3v) is 7.11. The standard InChI is InChI=1S/C23H23N3O3S/c27-22(16-5-8-24-9-6-16)26-10-7-17(15-26)20-18-3-1-2-4-19(18)30-21(20)23(28)25-11-13-29-14-12-25/h1-6,8-9,17H,7,10-15H2/t17-/m1/s1. The molecule has 7 heteroatoms. The zero-order chi connectivity index (χ0) is 20.5. The van der Waals surface area contributed by atoms with Crippen molar-refractivity contribution in [1.82, 2.24) is 14.8 Å². The second kappa shape index (κ2) is 8.16. The minimum absolute atomic E-state index is 0.0282. The summed E-state index contributed by atoms with van der Waals surface area (Å²) < 4.78 is 6.55. The van der Waals surface area contributed by atoms with Gasteiger partial charge >= 0.3 is 0 Å². The Labute approximate surface area is 179 Å². The van der Waals surface area contributed by atoms with Crippen LogP contribution in [0.2, 0.25) is 0 Å². The van der Waals surface area contributed by atoms with Gasteiger partial charge in [-0.25, -0.2) is 0 Å². The third-order valence-electron chi connectivity index (χ3n) is 5.94. The highest BCUT2D eigenvalue weighted by Crippen LogP contribution is 2.41. The molecule has 0 unspecified atom stereocenters. The Morgan fingerprint density at radius 3 is 2.53 bits per heavy atom. The molecule has 0 bridgehead atoms. The van der Waals surface area contributed by atoms with Crippen LogP contribution in [-0.2, 0) is 4.74 Å². The molecule has 6 nitrogen and oxygen atoms in total. The maximum atomic E-state index is 13.4. The fourth-order valence-electron chi connectivity index (χ4n) is 4.40. The molecule has 2 aliphatic heterocycles. The average molecular weight is 422 g/mol. The van der Waals surface area contributed by atoms with E-state index in [0.717, 1.165) is 26.9 Å². The first-order valence-corrected chi connectivity index (χ1v) is 11.1. The van der Waals surface area contributed by atoms with E-state index in [0.29, 0.717) is 45.0 Å². The number of aromatic nitrogens is 1. The van der Waals surface area contributed by atoms with Crippen LogP contribution in [0.1, 0.15) is 37.9 Å². The smallest absolute Gasteiger partial charge is 0.264 e. The topological polar surface area (TPSA) is 62.7 Å². The summed E-state index contributed by atoms with van der Waals surface area (Å²) >= 11 is 1.57. The monoisotopic (exact) mass is 421 g/mol. The van der Waals surface area contributed by atoms with E-state index in [1.54, 1.807) is 35.9 Å². The number of likely N-dealkylation sites (tertiary alicyclic amines) is 1. The number of ether oxygens (including phenoxy) is 1. The van der Waals surface area contributed by atoms with Crippen molar-refractivity contribution in [2.45, 2.75) is 12.3 Å². The van der Waals surface area contributed by atoms with Crippen LogP contribution in [0, 0.1) is 0 Å². The van der Waals surface area contributed by atoms with Crippen molar-refractivity contribution in [3.8, 4) is 0 Å². The molecular weight excluding hydrogens is 398 g/mol. The molecule has 0 radical (unpaired) electrons. The Hall–Kier alpha value is -2.77. The normalized spacial score (nSPS) is 19.4. The summed E-state index contributed by atoms with van der Waals surface area (Å²) in [6.07, 6.45) is 4.15. The molecule has 2 aliphatic rings. The Kier molecular flexibility index (Phi) is 5.23. The van der Waals surface area contributed by atoms with E-state index in [1.807, 2.05) is 21.9 Å². The second-order valence-corrected chi connectivity index (χ2v) is 8.77. The van der Waals surface area contributed by atoms with Crippen LogP contribution in [0.15, 0.2) is 48.8 Å². The van der Waals surface area contributed by atoms with E-state index >= 15 is 0 Å². The summed E-state index contributed by atoms with van der Waals surface area (Å²) in [6, 6.07) is 11.7. The molecule has 2 saturated heterocycles. The van der Waals surface area contributed by atoms with Gasteiger partial charge in [-0.15, -0.1) is 11.3 Å². The largest absolute Gasteiger partial charge is 0.378 e. The highest BCUT2D eigenvalue weighted by molar-refractivity contribution is 7.21. The van der Waals surface area contributed by atoms with Gasteiger partial charge in [0.05, 0.1) is 18.1 Å². The summed E-state index contributed by atoms with van der Waals surface area (Å²) in [5, 5.41) is 1.14. The van der Waals surface area contributed by atoms with E-state index < -0.39 is 0 Å². The van der Waals surface area contributed by atoms with Crippen LogP contribution in [0.5, 0.6) is 0 Å². The zero-order valence-electron chi connectivity index (χ0n) is 16.6. The summed E-state index contributed by atoms with van der Waals surface area (Å²) in [5.74, 6) is 0.279. The molecule has 2 aromatic heterocycles. The number of pyridine rings is 1. The van der Waals surface area contributed by atoms with Crippen LogP contribution in [0.4, 0.5) is 0 Å². The summed E-state index contributed by atoms with van der Waals surface area (Å²) in [6.45, 7) is 3.76. The Bertz CT molecular complexity index is 1080. The molecule has 2 fully saturated rings. The lowest BCUT2D eigenvalue weighted by molar-refractivity contribution is 0.0305. The number of thiophene rings is 1. The fourth-order valence-corrected chi connectivity index (χ4v) is 5.65. The number of rotatable bonds is 3. The van der Waals surface area contributed by atoms with Crippen molar-refractivity contribution in [2.24, 2.45) is 0 Å². The van der Waals surface area contributed by atoms with Gasteiger partial charge in [-0.2, -0.15) is 0 Å². The molecule has 0 spiro atoms. The SMILES string of the molecule is O=C(c1ccncc1)N1CC[C@@H](c2c(C(=O)N3CCOCC3)sc3ccccc23)C1. The quantitative estimate of drug-likeness (QED) is 0.650. The van der Waals surface area contributed by atoms with E-state index in [-0.39, 0.29) is 17.7 Å². The molecule has 1 aromatic carbocycles. The molecule has 154 valence electrons. The van der Waals surface area contributed by atoms with Crippen molar-refractivity contribution in [1.29, 1.82) is 0 Å². The molecular formula is C23H23N3O3S. The fraction of sp³-hybridized carbons (Fsp3) is 0.348. The molecule has 2 amide bonds. The molecule has 4 heterocycles. The van der Waals surface area contributed by atoms with Gasteiger partial charge in [-0.3, -0.25) is 14.6 Å². The van der Waals surface area contributed by atoms with Crippen LogP contribution in [0.3, 0.4) is 0 Å². The number of carbonyl (C=O) groups excluding carboxylic acids is 2. The van der Waals surface area contributed by atoms with Gasteiger partial charge in [-0.05, 0) is 35.6 Å². The lowest BCUT2D eigenvalue weighted by Gasteiger charge is -2.27. The highest BCUT2D eigenvalue weighted by Gasteiger charge is 2.34. The minimum atomic E-state index is 0.0282. The second-order valence-electron chi connectivity index (χ2n) is 7.72. The van der Waals surface area contributed by atoms with Gasteiger partial charge in [0.2, 0.25) is 0 Å². The number of fused-ring (bicyclic) bond motifs is 1. The first kappa shape index (κ1) is 19.2. The van der Waals surface area contributed by atoms with Gasteiger partial charge < -0.3 is 14.5 Å². The van der Waals surface area contributed by atoms with Crippen LogP contribution < -0.4 is 0 Å². The molecule has 5 rings (SSSR count). The maximum absolute atomic E-state index is 13.4. The van der Waals surface area contributed by atoms with Gasteiger partial charge in [0.1, 0.15) is 0 Å². The first-order valence-electron chi connectivity index (χ1n) is 10.3. The van der Waals surface area contributed by atoms with E-state index in [4.69, 9.17) is 4.74 Å². The Balaban J connectivity index is 1.46. The van der Waals surface area contributed by atoms with Crippen molar-refractivity contribution in [3.63, 3.8) is 0 Å². The number of amides is 2. The van der Waals surface area contributed by atoms with Crippen molar-refractivity contribution in [2.75, 3.05) is 39.4 Å². The predicted octanol–water partition coefficient (Wildman–Crippen LogP) is 3.40. The third kappa shape index (κ3) is 3.48. The van der Waals surface area contributed by atoms with Crippen molar-refractivity contribution < 1.29 is 14.3 Å². The number of hydrogen-bond donors (Lipinski definition) is 0. The zero-order valence-corrected chi connectivity index (χ0v) is 17.4. The maximum Gasteiger partial charge on any atom is 0.264 e. The Morgan fingerprint density at radius 2 is 1.73 bits per heavy atom. The number of hydrogen-bond acceptors (Lipinski definition) is 5. The Morgan fingerprint density at radius 1 is 0.967 bits per heavy atom. The van der Waals surface area contributed by atoms with Gasteiger partial charge in [-0.1, -0.05) is 18.2 Å². The van der Waals surface area contributed by atoms with Gasteiger partial charge in [0.25, 0.3) is 11.8 Å². The molecule has 3 aromatic rings. The van der Waals surface area contributed by atoms with Crippen molar-refractivity contribution in [3.05, 3.63) is 64.8 Å². The number of nitrogens with zero attached hydrogens (tertiary/aromatic N) is 3. The summed E-state index contributed by atoms with van der Waals surface area (Å²) in [4.78, 5) is 34.9. The van der Waals surface area contributed by atoms with Crippen molar-refractivity contribution >= 4 is 33.2 Å². The lowest BCUT2D eigenvalue weighted by Crippen LogP contribution is -2.40. The first-order chi connectivity index (χ1) is 14.7. The lowest BCUT2D eigenvalue weighted by atomic mass is 9.94. The number of benzene rings is 1. The van der Waals surface area contributed by atoms with Gasteiger partial charge in [0, 0.05) is 54.8 Å². The number of morpholine rings is 1. The van der Waals surface area contributed by atoms with E-state index in [1.165, 1.54) is 0 Å². The van der Waals surface area contributed by atoms with Gasteiger partial charge in [0.15, 0.2) is 0 Å². The van der Waals surface area contributed by atoms with Crippen LogP contribution in [-0.4, -0.2) is 66.0 Å². The molecule has 0 saturated carbocycles. The molecule has 1 atom stereocenters. The van der Waals surface area contributed by atoms with Crippen LogP contribution in [0.25, 0.3) is 10.1 Å². The molecule has 30 heavy (non-hydrogen) atoms. The van der Waals surface area contributed by atoms with E-state index in [2.05, 4.69) is 17.1 Å².